The number of ether oxygens (including phenoxy) is 1. The van der Waals surface area contributed by atoms with Crippen LogP contribution in [0.2, 0.25) is 0 Å². The number of aryl methyl sites for hydroxylation is 1. The largest absolute Gasteiger partial charge is 0.508 e. The van der Waals surface area contributed by atoms with Gasteiger partial charge in [0.25, 0.3) is 0 Å². The molecule has 0 unspecified atom stereocenters. The van der Waals surface area contributed by atoms with Crippen molar-refractivity contribution in [2.24, 2.45) is 5.73 Å². The van der Waals surface area contributed by atoms with Crippen molar-refractivity contribution in [3.63, 3.8) is 0 Å². The Morgan fingerprint density at radius 3 is 2.68 bits per heavy atom. The number of hydrogen-bond donors (Lipinski definition) is 4. The van der Waals surface area contributed by atoms with E-state index in [9.17, 15) is 9.90 Å². The van der Waals surface area contributed by atoms with Gasteiger partial charge in [-0.2, -0.15) is 0 Å². The van der Waals surface area contributed by atoms with Gasteiger partial charge in [-0.15, -0.1) is 0 Å². The average molecular weight is 340 g/mol. The van der Waals surface area contributed by atoms with Crippen molar-refractivity contribution in [3.05, 3.63) is 59.3 Å². The number of aromatic nitrogens is 1. The van der Waals surface area contributed by atoms with Gasteiger partial charge in [-0.1, -0.05) is 12.1 Å². The Kier molecular flexibility index (Phi) is 4.63. The van der Waals surface area contributed by atoms with Crippen LogP contribution in [-0.4, -0.2) is 27.2 Å². The van der Waals surface area contributed by atoms with E-state index in [0.29, 0.717) is 12.4 Å². The molecule has 0 amide bonds. The minimum Gasteiger partial charge on any atom is -0.508 e. The number of phenolic OH excluding ortho intramolecular Hbond substituents is 1. The van der Waals surface area contributed by atoms with E-state index in [1.165, 1.54) is 0 Å². The first-order valence-electron chi connectivity index (χ1n) is 7.93. The lowest BCUT2D eigenvalue weighted by Gasteiger charge is -2.10. The number of carboxylic acids is 1. The van der Waals surface area contributed by atoms with E-state index in [0.717, 1.165) is 27.6 Å². The van der Waals surface area contributed by atoms with Crippen LogP contribution in [0.15, 0.2) is 42.6 Å². The van der Waals surface area contributed by atoms with E-state index in [4.69, 9.17) is 15.6 Å². The quantitative estimate of drug-likeness (QED) is 0.552. The lowest BCUT2D eigenvalue weighted by molar-refractivity contribution is -0.138. The summed E-state index contributed by atoms with van der Waals surface area (Å²) in [6.07, 6.45) is 2.06. The van der Waals surface area contributed by atoms with E-state index in [2.05, 4.69) is 4.98 Å². The average Bonchev–Trinajstić information content (AvgIpc) is 2.97. The smallest absolute Gasteiger partial charge is 0.320 e. The van der Waals surface area contributed by atoms with Gasteiger partial charge in [0.2, 0.25) is 0 Å². The number of carbonyl (C=O) groups is 1. The molecule has 0 aliphatic carbocycles. The van der Waals surface area contributed by atoms with Crippen molar-refractivity contribution in [1.29, 1.82) is 0 Å². The monoisotopic (exact) mass is 340 g/mol. The third-order valence-electron chi connectivity index (χ3n) is 4.13. The van der Waals surface area contributed by atoms with Crippen LogP contribution < -0.4 is 10.5 Å². The molecule has 6 nitrogen and oxygen atoms in total. The molecule has 0 fully saturated rings. The van der Waals surface area contributed by atoms with Gasteiger partial charge in [-0.3, -0.25) is 4.79 Å². The van der Waals surface area contributed by atoms with Crippen LogP contribution in [-0.2, 0) is 17.8 Å². The van der Waals surface area contributed by atoms with Crippen LogP contribution in [0.4, 0.5) is 0 Å². The maximum atomic E-state index is 11.0. The minimum atomic E-state index is -1.01. The van der Waals surface area contributed by atoms with Gasteiger partial charge in [0, 0.05) is 29.6 Å². The van der Waals surface area contributed by atoms with Crippen LogP contribution >= 0.6 is 0 Å². The first-order chi connectivity index (χ1) is 11.9. The summed E-state index contributed by atoms with van der Waals surface area (Å²) < 4.78 is 5.83. The Morgan fingerprint density at radius 2 is 2.00 bits per heavy atom. The molecule has 130 valence electrons. The molecule has 6 heteroatoms. The summed E-state index contributed by atoms with van der Waals surface area (Å²) in [6.45, 7) is 2.35. The molecule has 5 N–H and O–H groups in total. The number of H-pyrrole nitrogens is 1. The Bertz CT molecular complexity index is 900. The second-order valence-corrected chi connectivity index (χ2v) is 6.08. The molecular weight excluding hydrogens is 320 g/mol. The molecule has 0 spiro atoms. The molecule has 0 aliphatic rings. The number of aromatic amines is 1. The molecule has 0 saturated carbocycles. The third kappa shape index (κ3) is 3.75. The summed E-state index contributed by atoms with van der Waals surface area (Å²) in [5.41, 5.74) is 9.36. The third-order valence-corrected chi connectivity index (χ3v) is 4.13. The van der Waals surface area contributed by atoms with Crippen LogP contribution in [0.3, 0.4) is 0 Å². The highest BCUT2D eigenvalue weighted by molar-refractivity contribution is 5.88. The topological polar surface area (TPSA) is 109 Å². The molecular formula is C19H20N2O4. The van der Waals surface area contributed by atoms with Crippen molar-refractivity contribution in [2.75, 3.05) is 0 Å². The number of hydrogen-bond acceptors (Lipinski definition) is 4. The number of phenols is 1. The fourth-order valence-corrected chi connectivity index (χ4v) is 2.86. The molecule has 2 aromatic carbocycles. The van der Waals surface area contributed by atoms with Gasteiger partial charge in [-0.25, -0.2) is 0 Å². The number of fused-ring (bicyclic) bond motifs is 1. The first kappa shape index (κ1) is 16.9. The van der Waals surface area contributed by atoms with Gasteiger partial charge in [-0.05, 0) is 41.8 Å². The standard InChI is InChI=1S/C19H20N2O4/c1-11-6-15(25-10-12-2-4-14(22)5-3-12)8-17-18(11)13(9-21-17)7-16(20)19(23)24/h2-6,8-9,16,21-22H,7,10,20H2,1H3,(H,23,24)/t16-/m0/s1. The maximum absolute atomic E-state index is 11.0. The molecule has 3 aromatic rings. The lowest BCUT2D eigenvalue weighted by Crippen LogP contribution is -2.32. The Hall–Kier alpha value is -2.99. The van der Waals surface area contributed by atoms with E-state index >= 15 is 0 Å². The van der Waals surface area contributed by atoms with Gasteiger partial charge in [0.15, 0.2) is 0 Å². The molecule has 0 bridgehead atoms. The van der Waals surface area contributed by atoms with Crippen molar-refractivity contribution in [2.45, 2.75) is 26.0 Å². The van der Waals surface area contributed by atoms with Crippen LogP contribution in [0, 0.1) is 6.92 Å². The Labute approximate surface area is 144 Å². The van der Waals surface area contributed by atoms with Crippen molar-refractivity contribution >= 4 is 16.9 Å². The van der Waals surface area contributed by atoms with Crippen molar-refractivity contribution < 1.29 is 19.7 Å². The maximum Gasteiger partial charge on any atom is 0.320 e. The highest BCUT2D eigenvalue weighted by Crippen LogP contribution is 2.28. The van der Waals surface area contributed by atoms with Crippen LogP contribution in [0.5, 0.6) is 11.5 Å². The van der Waals surface area contributed by atoms with E-state index in [-0.39, 0.29) is 12.2 Å². The number of aliphatic carboxylic acids is 1. The number of nitrogens with one attached hydrogen (secondary N) is 1. The first-order valence-corrected chi connectivity index (χ1v) is 7.93. The zero-order valence-electron chi connectivity index (χ0n) is 13.8. The Balaban J connectivity index is 1.80. The molecule has 0 aliphatic heterocycles. The zero-order valence-corrected chi connectivity index (χ0v) is 13.8. The van der Waals surface area contributed by atoms with Crippen molar-refractivity contribution in [3.8, 4) is 11.5 Å². The Morgan fingerprint density at radius 1 is 1.28 bits per heavy atom. The zero-order chi connectivity index (χ0) is 18.0. The molecule has 25 heavy (non-hydrogen) atoms. The van der Waals surface area contributed by atoms with Crippen molar-refractivity contribution in [1.82, 2.24) is 4.98 Å². The molecule has 0 saturated heterocycles. The lowest BCUT2D eigenvalue weighted by atomic mass is 10.0. The normalized spacial score (nSPS) is 12.2. The minimum absolute atomic E-state index is 0.222. The highest BCUT2D eigenvalue weighted by Gasteiger charge is 2.16. The predicted molar refractivity (Wildman–Crippen MR) is 94.8 cm³/mol. The number of nitrogens with two attached hydrogens (primary N) is 1. The van der Waals surface area contributed by atoms with E-state index in [1.54, 1.807) is 30.5 Å². The number of rotatable bonds is 6. The van der Waals surface area contributed by atoms with Crippen LogP contribution in [0.1, 0.15) is 16.7 Å². The molecule has 1 atom stereocenters. The summed E-state index contributed by atoms with van der Waals surface area (Å²) in [7, 11) is 0. The van der Waals surface area contributed by atoms with Gasteiger partial charge < -0.3 is 25.7 Å². The SMILES string of the molecule is Cc1cc(OCc2ccc(O)cc2)cc2[nH]cc(C[C@H](N)C(=O)O)c12. The fraction of sp³-hybridized carbons (Fsp3) is 0.211. The number of benzene rings is 2. The summed E-state index contributed by atoms with van der Waals surface area (Å²) in [6, 6.07) is 9.74. The van der Waals surface area contributed by atoms with Gasteiger partial charge >= 0.3 is 5.97 Å². The van der Waals surface area contributed by atoms with Gasteiger partial charge in [0.1, 0.15) is 24.1 Å². The summed E-state index contributed by atoms with van der Waals surface area (Å²) in [5.74, 6) is -0.0747. The van der Waals surface area contributed by atoms with Crippen LogP contribution in [0.25, 0.3) is 10.9 Å². The molecule has 1 heterocycles. The summed E-state index contributed by atoms with van der Waals surface area (Å²) >= 11 is 0. The highest BCUT2D eigenvalue weighted by atomic mass is 16.5. The number of carboxylic acid groups (broad SMARTS) is 1. The van der Waals surface area contributed by atoms with Gasteiger partial charge in [0.05, 0.1) is 0 Å². The van der Waals surface area contributed by atoms with E-state index in [1.807, 2.05) is 19.1 Å². The predicted octanol–water partition coefficient (Wildman–Crippen LogP) is 2.72. The summed E-state index contributed by atoms with van der Waals surface area (Å²) in [5, 5.41) is 19.3. The second-order valence-electron chi connectivity index (χ2n) is 6.08. The van der Waals surface area contributed by atoms with E-state index < -0.39 is 12.0 Å². The fourth-order valence-electron chi connectivity index (χ4n) is 2.86. The number of aromatic hydroxyl groups is 1. The molecule has 0 radical (unpaired) electrons. The molecule has 1 aromatic heterocycles. The summed E-state index contributed by atoms with van der Waals surface area (Å²) in [4.78, 5) is 14.1. The second kappa shape index (κ2) is 6.86. The molecule has 3 rings (SSSR count).